The number of hydrogen-bond donors (Lipinski definition) is 1. The zero-order valence-electron chi connectivity index (χ0n) is 12.2. The lowest BCUT2D eigenvalue weighted by Gasteiger charge is -2.16. The minimum atomic E-state index is -3.67. The zero-order chi connectivity index (χ0) is 16.2. The summed E-state index contributed by atoms with van der Waals surface area (Å²) >= 11 is 1.62. The number of rotatable bonds is 6. The molecule has 118 valence electrons. The van der Waals surface area contributed by atoms with Crippen molar-refractivity contribution in [1.29, 1.82) is 0 Å². The van der Waals surface area contributed by atoms with Gasteiger partial charge in [-0.2, -0.15) is 0 Å². The van der Waals surface area contributed by atoms with Gasteiger partial charge in [0.1, 0.15) is 0 Å². The molecule has 5 nitrogen and oxygen atoms in total. The molecule has 0 unspecified atom stereocenters. The van der Waals surface area contributed by atoms with Crippen LogP contribution in [0.4, 0.5) is 0 Å². The fourth-order valence-electron chi connectivity index (χ4n) is 2.01. The molecule has 2 aromatic rings. The van der Waals surface area contributed by atoms with E-state index in [9.17, 15) is 13.2 Å². The first-order valence-corrected chi connectivity index (χ1v) is 9.17. The van der Waals surface area contributed by atoms with Crippen molar-refractivity contribution in [3.8, 4) is 0 Å². The van der Waals surface area contributed by atoms with Crippen LogP contribution in [-0.2, 0) is 27.8 Å². The Bertz CT molecular complexity index is 723. The number of nitrogens with zero attached hydrogens (tertiary/aromatic N) is 1. The number of nitrogens with two attached hydrogens (primary N) is 1. The normalized spacial score (nSPS) is 11.4. The maximum atomic E-state index is 12.1. The molecule has 2 N–H and O–H groups in total. The number of benzene rings is 1. The highest BCUT2D eigenvalue weighted by Crippen LogP contribution is 2.13. The summed E-state index contributed by atoms with van der Waals surface area (Å²) in [5, 5.41) is 7.03. The number of thiophene rings is 1. The molecule has 0 atom stereocenters. The highest BCUT2D eigenvalue weighted by atomic mass is 32.2. The van der Waals surface area contributed by atoms with Gasteiger partial charge in [-0.05, 0) is 35.6 Å². The Morgan fingerprint density at radius 3 is 2.45 bits per heavy atom. The van der Waals surface area contributed by atoms with Gasteiger partial charge < -0.3 is 4.90 Å². The summed E-state index contributed by atoms with van der Waals surface area (Å²) < 4.78 is 22.3. The third kappa shape index (κ3) is 4.66. The molecule has 1 amide bonds. The number of sulfonamides is 1. The number of hydrogen-bond acceptors (Lipinski definition) is 4. The Balaban J connectivity index is 1.88. The third-order valence-electron chi connectivity index (χ3n) is 3.28. The minimum Gasteiger partial charge on any atom is -0.341 e. The Morgan fingerprint density at radius 2 is 1.91 bits per heavy atom. The molecule has 7 heteroatoms. The van der Waals surface area contributed by atoms with Crippen molar-refractivity contribution in [3.05, 3.63) is 52.2 Å². The Kier molecular flexibility index (Phi) is 5.33. The van der Waals surface area contributed by atoms with Crippen LogP contribution in [0.3, 0.4) is 0 Å². The van der Waals surface area contributed by atoms with Crippen molar-refractivity contribution in [1.82, 2.24) is 4.90 Å². The van der Waals surface area contributed by atoms with E-state index in [4.69, 9.17) is 5.14 Å². The van der Waals surface area contributed by atoms with Crippen molar-refractivity contribution >= 4 is 27.3 Å². The van der Waals surface area contributed by atoms with E-state index in [1.54, 1.807) is 35.4 Å². The summed E-state index contributed by atoms with van der Waals surface area (Å²) in [6.45, 7) is 0.612. The molecular weight excluding hydrogens is 320 g/mol. The van der Waals surface area contributed by atoms with Gasteiger partial charge >= 0.3 is 0 Å². The summed E-state index contributed by atoms with van der Waals surface area (Å²) in [6.07, 6.45) is 0.953. The van der Waals surface area contributed by atoms with Crippen LogP contribution in [-0.4, -0.2) is 26.3 Å². The van der Waals surface area contributed by atoms with Crippen LogP contribution in [0.1, 0.15) is 16.9 Å². The highest BCUT2D eigenvalue weighted by molar-refractivity contribution is 7.89. The number of carbonyl (C=O) groups excluding carboxylic acids is 1. The number of aryl methyl sites for hydroxylation is 1. The number of amides is 1. The van der Waals surface area contributed by atoms with E-state index in [-0.39, 0.29) is 10.8 Å². The largest absolute Gasteiger partial charge is 0.341 e. The Hall–Kier alpha value is -1.70. The maximum absolute atomic E-state index is 12.1. The average molecular weight is 338 g/mol. The summed E-state index contributed by atoms with van der Waals surface area (Å²) in [5.41, 5.74) is 0.908. The summed E-state index contributed by atoms with van der Waals surface area (Å²) in [6, 6.07) is 10.3. The van der Waals surface area contributed by atoms with Crippen LogP contribution in [0.2, 0.25) is 0 Å². The fraction of sp³-hybridized carbons (Fsp3) is 0.267. The molecule has 0 aliphatic rings. The van der Waals surface area contributed by atoms with Crippen LogP contribution in [0.25, 0.3) is 0 Å². The molecule has 22 heavy (non-hydrogen) atoms. The van der Waals surface area contributed by atoms with Gasteiger partial charge in [-0.1, -0.05) is 18.2 Å². The molecule has 0 saturated heterocycles. The van der Waals surface area contributed by atoms with Gasteiger partial charge in [0.15, 0.2) is 0 Å². The predicted molar refractivity (Wildman–Crippen MR) is 86.9 cm³/mol. The van der Waals surface area contributed by atoms with Gasteiger partial charge in [-0.3, -0.25) is 4.79 Å². The van der Waals surface area contributed by atoms with Crippen molar-refractivity contribution in [2.75, 3.05) is 7.05 Å². The lowest BCUT2D eigenvalue weighted by atomic mass is 10.1. The van der Waals surface area contributed by atoms with E-state index in [1.807, 2.05) is 17.5 Å². The molecule has 1 aromatic heterocycles. The smallest absolute Gasteiger partial charge is 0.238 e. The standard InChI is InChI=1S/C15H18N2O3S2/c1-17(11-13-3-2-10-21-13)15(18)9-6-12-4-7-14(8-5-12)22(16,19)20/h2-5,7-8,10H,6,9,11H2,1H3,(H2,16,19,20). The molecular formula is C15H18N2O3S2. The zero-order valence-corrected chi connectivity index (χ0v) is 13.9. The van der Waals surface area contributed by atoms with E-state index in [2.05, 4.69) is 0 Å². The van der Waals surface area contributed by atoms with E-state index < -0.39 is 10.0 Å². The van der Waals surface area contributed by atoms with E-state index >= 15 is 0 Å². The summed E-state index contributed by atoms with van der Waals surface area (Å²) in [5.74, 6) is 0.0592. The van der Waals surface area contributed by atoms with Crippen LogP contribution in [0.15, 0.2) is 46.7 Å². The molecule has 2 rings (SSSR count). The second kappa shape index (κ2) is 7.04. The van der Waals surface area contributed by atoms with E-state index in [1.165, 1.54) is 12.1 Å². The van der Waals surface area contributed by atoms with Gasteiger partial charge in [0.2, 0.25) is 15.9 Å². The topological polar surface area (TPSA) is 80.5 Å². The van der Waals surface area contributed by atoms with Crippen molar-refractivity contribution < 1.29 is 13.2 Å². The van der Waals surface area contributed by atoms with Gasteiger partial charge in [-0.25, -0.2) is 13.6 Å². The van der Waals surface area contributed by atoms with Crippen molar-refractivity contribution in [3.63, 3.8) is 0 Å². The molecule has 0 radical (unpaired) electrons. The molecule has 0 spiro atoms. The van der Waals surface area contributed by atoms with Gasteiger partial charge in [0, 0.05) is 18.3 Å². The monoisotopic (exact) mass is 338 g/mol. The van der Waals surface area contributed by atoms with Gasteiger partial charge in [0.25, 0.3) is 0 Å². The Labute approximate surface area is 134 Å². The first-order valence-electron chi connectivity index (χ1n) is 6.74. The minimum absolute atomic E-state index is 0.0592. The van der Waals surface area contributed by atoms with Crippen LogP contribution in [0, 0.1) is 0 Å². The summed E-state index contributed by atoms with van der Waals surface area (Å²) in [4.78, 5) is 15.0. The average Bonchev–Trinajstić information content (AvgIpc) is 2.97. The SMILES string of the molecule is CN(Cc1cccs1)C(=O)CCc1ccc(S(N)(=O)=O)cc1. The van der Waals surface area contributed by atoms with Crippen LogP contribution < -0.4 is 5.14 Å². The molecule has 0 aliphatic carbocycles. The van der Waals surface area contributed by atoms with Gasteiger partial charge in [0.05, 0.1) is 11.4 Å². The maximum Gasteiger partial charge on any atom is 0.238 e. The lowest BCUT2D eigenvalue weighted by molar-refractivity contribution is -0.130. The number of carbonyl (C=O) groups is 1. The quantitative estimate of drug-likeness (QED) is 0.874. The van der Waals surface area contributed by atoms with Gasteiger partial charge in [-0.15, -0.1) is 11.3 Å². The highest BCUT2D eigenvalue weighted by Gasteiger charge is 2.11. The first kappa shape index (κ1) is 16.7. The molecule has 0 aliphatic heterocycles. The molecule has 0 bridgehead atoms. The van der Waals surface area contributed by atoms with E-state index in [0.717, 1.165) is 10.4 Å². The fourth-order valence-corrected chi connectivity index (χ4v) is 3.29. The lowest BCUT2D eigenvalue weighted by Crippen LogP contribution is -2.25. The second-order valence-corrected chi connectivity index (χ2v) is 7.61. The molecule has 0 saturated carbocycles. The molecule has 1 aromatic carbocycles. The second-order valence-electron chi connectivity index (χ2n) is 5.02. The van der Waals surface area contributed by atoms with Crippen LogP contribution >= 0.6 is 11.3 Å². The third-order valence-corrected chi connectivity index (χ3v) is 5.07. The predicted octanol–water partition coefficient (Wildman–Crippen LogP) is 1.99. The number of primary sulfonamides is 1. The van der Waals surface area contributed by atoms with Crippen LogP contribution in [0.5, 0.6) is 0 Å². The van der Waals surface area contributed by atoms with E-state index in [0.29, 0.717) is 19.4 Å². The molecule has 0 fully saturated rings. The van der Waals surface area contributed by atoms with Crippen molar-refractivity contribution in [2.24, 2.45) is 5.14 Å². The Morgan fingerprint density at radius 1 is 1.23 bits per heavy atom. The van der Waals surface area contributed by atoms with Crippen molar-refractivity contribution in [2.45, 2.75) is 24.3 Å². The first-order chi connectivity index (χ1) is 10.4. The molecule has 1 heterocycles. The summed E-state index contributed by atoms with van der Waals surface area (Å²) in [7, 11) is -1.88.